The van der Waals surface area contributed by atoms with Gasteiger partial charge >= 0.3 is 0 Å². The van der Waals surface area contributed by atoms with Gasteiger partial charge in [-0.05, 0) is 46.1 Å². The van der Waals surface area contributed by atoms with Gasteiger partial charge in [-0.1, -0.05) is 6.07 Å². The van der Waals surface area contributed by atoms with Crippen LogP contribution in [0.5, 0.6) is 0 Å². The molecule has 2 aromatic rings. The standard InChI is InChI=1S/C14H15BrN2OS/c1-17(10-12-5-6-13(15)19-12)14(18)7-4-11-3-2-8-16-9-11/h2-3,5-6,8-9H,4,7,10H2,1H3. The van der Waals surface area contributed by atoms with E-state index in [1.54, 1.807) is 22.4 Å². The van der Waals surface area contributed by atoms with Crippen LogP contribution < -0.4 is 0 Å². The van der Waals surface area contributed by atoms with E-state index < -0.39 is 0 Å². The molecule has 0 aliphatic rings. The Morgan fingerprint density at radius 2 is 2.26 bits per heavy atom. The van der Waals surface area contributed by atoms with Crippen LogP contribution in [-0.2, 0) is 17.8 Å². The van der Waals surface area contributed by atoms with Crippen molar-refractivity contribution in [2.75, 3.05) is 7.05 Å². The van der Waals surface area contributed by atoms with Crippen molar-refractivity contribution in [3.63, 3.8) is 0 Å². The average molecular weight is 339 g/mol. The molecular formula is C14H15BrN2OS. The number of aryl methyl sites for hydroxylation is 1. The summed E-state index contributed by atoms with van der Waals surface area (Å²) in [7, 11) is 1.85. The summed E-state index contributed by atoms with van der Waals surface area (Å²) in [6, 6.07) is 7.94. The van der Waals surface area contributed by atoms with Crippen molar-refractivity contribution in [3.8, 4) is 0 Å². The van der Waals surface area contributed by atoms with E-state index in [1.807, 2.05) is 37.5 Å². The monoisotopic (exact) mass is 338 g/mol. The third-order valence-electron chi connectivity index (χ3n) is 2.80. The second-order valence-corrected chi connectivity index (χ2v) is 6.86. The molecule has 0 saturated heterocycles. The summed E-state index contributed by atoms with van der Waals surface area (Å²) >= 11 is 5.09. The van der Waals surface area contributed by atoms with Crippen molar-refractivity contribution >= 4 is 33.2 Å². The highest BCUT2D eigenvalue weighted by molar-refractivity contribution is 9.11. The fraction of sp³-hybridized carbons (Fsp3) is 0.286. The maximum absolute atomic E-state index is 12.0. The normalized spacial score (nSPS) is 10.4. The van der Waals surface area contributed by atoms with Crippen molar-refractivity contribution in [1.29, 1.82) is 0 Å². The molecule has 0 atom stereocenters. The number of carbonyl (C=O) groups is 1. The van der Waals surface area contributed by atoms with Crippen molar-refractivity contribution in [3.05, 3.63) is 50.9 Å². The quantitative estimate of drug-likeness (QED) is 0.835. The van der Waals surface area contributed by atoms with Crippen molar-refractivity contribution < 1.29 is 4.79 Å². The predicted molar refractivity (Wildman–Crippen MR) is 81.1 cm³/mol. The van der Waals surface area contributed by atoms with Gasteiger partial charge in [0.15, 0.2) is 0 Å². The highest BCUT2D eigenvalue weighted by Gasteiger charge is 2.10. The fourth-order valence-electron chi connectivity index (χ4n) is 1.75. The molecule has 0 fully saturated rings. The third-order valence-corrected chi connectivity index (χ3v) is 4.41. The summed E-state index contributed by atoms with van der Waals surface area (Å²) in [5, 5.41) is 0. The summed E-state index contributed by atoms with van der Waals surface area (Å²) in [6.07, 6.45) is 4.82. The van der Waals surface area contributed by atoms with E-state index >= 15 is 0 Å². The Hall–Kier alpha value is -1.20. The summed E-state index contributed by atoms with van der Waals surface area (Å²) in [5.74, 6) is 0.161. The number of hydrogen-bond donors (Lipinski definition) is 0. The number of aromatic nitrogens is 1. The number of pyridine rings is 1. The third kappa shape index (κ3) is 4.44. The first kappa shape index (κ1) is 14.2. The molecule has 0 aliphatic carbocycles. The van der Waals surface area contributed by atoms with E-state index in [1.165, 1.54) is 4.88 Å². The lowest BCUT2D eigenvalue weighted by Crippen LogP contribution is -2.25. The molecule has 5 heteroatoms. The van der Waals surface area contributed by atoms with Crippen LogP contribution in [0.15, 0.2) is 40.4 Å². The Bertz CT molecular complexity index is 541. The van der Waals surface area contributed by atoms with Crippen LogP contribution >= 0.6 is 27.3 Å². The fourth-order valence-corrected chi connectivity index (χ4v) is 3.28. The Morgan fingerprint density at radius 3 is 2.89 bits per heavy atom. The van der Waals surface area contributed by atoms with Crippen LogP contribution in [0.3, 0.4) is 0 Å². The minimum atomic E-state index is 0.161. The highest BCUT2D eigenvalue weighted by Crippen LogP contribution is 2.23. The number of rotatable bonds is 5. The Kier molecular flexibility index (Phi) is 5.10. The van der Waals surface area contributed by atoms with Gasteiger partial charge < -0.3 is 4.90 Å². The van der Waals surface area contributed by atoms with Gasteiger partial charge in [0.1, 0.15) is 0 Å². The molecule has 3 nitrogen and oxygen atoms in total. The summed E-state index contributed by atoms with van der Waals surface area (Å²) in [6.45, 7) is 0.669. The largest absolute Gasteiger partial charge is 0.341 e. The van der Waals surface area contributed by atoms with Crippen molar-refractivity contribution in [2.45, 2.75) is 19.4 Å². The molecule has 1 amide bonds. The lowest BCUT2D eigenvalue weighted by Gasteiger charge is -2.16. The zero-order valence-corrected chi connectivity index (χ0v) is 13.1. The molecule has 100 valence electrons. The van der Waals surface area contributed by atoms with Gasteiger partial charge in [-0.2, -0.15) is 0 Å². The minimum Gasteiger partial charge on any atom is -0.341 e. The van der Waals surface area contributed by atoms with E-state index in [9.17, 15) is 4.79 Å². The molecule has 0 bridgehead atoms. The summed E-state index contributed by atoms with van der Waals surface area (Å²) in [5.41, 5.74) is 1.10. The Morgan fingerprint density at radius 1 is 1.42 bits per heavy atom. The predicted octanol–water partition coefficient (Wildman–Crippen LogP) is 3.50. The van der Waals surface area contributed by atoms with Crippen LogP contribution in [0.2, 0.25) is 0 Å². The molecule has 0 radical (unpaired) electrons. The molecule has 0 N–H and O–H groups in total. The number of halogens is 1. The van der Waals surface area contributed by atoms with Crippen LogP contribution in [-0.4, -0.2) is 22.8 Å². The lowest BCUT2D eigenvalue weighted by atomic mass is 10.1. The van der Waals surface area contributed by atoms with E-state index in [-0.39, 0.29) is 5.91 Å². The van der Waals surface area contributed by atoms with Gasteiger partial charge in [0, 0.05) is 30.7 Å². The maximum Gasteiger partial charge on any atom is 0.222 e. The minimum absolute atomic E-state index is 0.161. The molecule has 0 aromatic carbocycles. The molecule has 0 saturated carbocycles. The van der Waals surface area contributed by atoms with Gasteiger partial charge in [0.05, 0.1) is 10.3 Å². The number of amides is 1. The zero-order chi connectivity index (χ0) is 13.7. The Labute approximate surface area is 125 Å². The second-order valence-electron chi connectivity index (χ2n) is 4.32. The molecule has 0 aliphatic heterocycles. The highest BCUT2D eigenvalue weighted by atomic mass is 79.9. The molecule has 19 heavy (non-hydrogen) atoms. The van der Waals surface area contributed by atoms with E-state index in [2.05, 4.69) is 20.9 Å². The van der Waals surface area contributed by atoms with Gasteiger partial charge in [-0.15, -0.1) is 11.3 Å². The van der Waals surface area contributed by atoms with Crippen LogP contribution in [0.25, 0.3) is 0 Å². The molecule has 2 rings (SSSR count). The molecular weight excluding hydrogens is 324 g/mol. The SMILES string of the molecule is CN(Cc1ccc(Br)s1)C(=O)CCc1cccnc1. The van der Waals surface area contributed by atoms with E-state index in [0.717, 1.165) is 15.8 Å². The topological polar surface area (TPSA) is 33.2 Å². The number of nitrogens with zero attached hydrogens (tertiary/aromatic N) is 2. The zero-order valence-electron chi connectivity index (χ0n) is 10.7. The van der Waals surface area contributed by atoms with Gasteiger partial charge in [-0.25, -0.2) is 0 Å². The molecule has 0 unspecified atom stereocenters. The van der Waals surface area contributed by atoms with E-state index in [0.29, 0.717) is 13.0 Å². The first-order valence-corrected chi connectivity index (χ1v) is 7.63. The first-order chi connectivity index (χ1) is 9.15. The van der Waals surface area contributed by atoms with Crippen LogP contribution in [0, 0.1) is 0 Å². The van der Waals surface area contributed by atoms with Crippen molar-refractivity contribution in [1.82, 2.24) is 9.88 Å². The smallest absolute Gasteiger partial charge is 0.222 e. The number of carbonyl (C=O) groups excluding carboxylic acids is 1. The maximum atomic E-state index is 12.0. The van der Waals surface area contributed by atoms with Crippen molar-refractivity contribution in [2.24, 2.45) is 0 Å². The van der Waals surface area contributed by atoms with Gasteiger partial charge in [0.25, 0.3) is 0 Å². The van der Waals surface area contributed by atoms with E-state index in [4.69, 9.17) is 0 Å². The number of hydrogen-bond acceptors (Lipinski definition) is 3. The van der Waals surface area contributed by atoms with Crippen LogP contribution in [0.1, 0.15) is 16.9 Å². The lowest BCUT2D eigenvalue weighted by molar-refractivity contribution is -0.130. The summed E-state index contributed by atoms with van der Waals surface area (Å²) < 4.78 is 1.10. The number of thiophene rings is 1. The molecule has 0 spiro atoms. The summed E-state index contributed by atoms with van der Waals surface area (Å²) in [4.78, 5) is 19.0. The van der Waals surface area contributed by atoms with Crippen LogP contribution in [0.4, 0.5) is 0 Å². The van der Waals surface area contributed by atoms with Gasteiger partial charge in [0.2, 0.25) is 5.91 Å². The first-order valence-electron chi connectivity index (χ1n) is 6.02. The molecule has 2 aromatic heterocycles. The molecule has 2 heterocycles. The van der Waals surface area contributed by atoms with Gasteiger partial charge in [-0.3, -0.25) is 9.78 Å². The average Bonchev–Trinajstić information content (AvgIpc) is 2.82. The second kappa shape index (κ2) is 6.82. The Balaban J connectivity index is 1.82.